The number of hydrogen-bond donors (Lipinski definition) is 1. The van der Waals surface area contributed by atoms with E-state index in [1.165, 1.54) is 16.9 Å². The minimum Gasteiger partial charge on any atom is -0.302 e. The number of aromatic nitrogens is 1. The lowest BCUT2D eigenvalue weighted by atomic mass is 10.1. The molecule has 0 aliphatic rings. The summed E-state index contributed by atoms with van der Waals surface area (Å²) in [6.07, 6.45) is 0.357. The maximum Gasteiger partial charge on any atom is 0.230 e. The molecule has 1 aromatic carbocycles. The molecule has 3 nitrogen and oxygen atoms in total. The maximum atomic E-state index is 11.8. The molecule has 2 aromatic rings. The van der Waals surface area contributed by atoms with Gasteiger partial charge in [-0.15, -0.1) is 22.9 Å². The van der Waals surface area contributed by atoms with E-state index in [-0.39, 0.29) is 5.91 Å². The number of amides is 1. The van der Waals surface area contributed by atoms with Crippen LogP contribution in [0.5, 0.6) is 0 Å². The molecule has 1 heterocycles. The van der Waals surface area contributed by atoms with Gasteiger partial charge in [-0.05, 0) is 12.5 Å². The number of aryl methyl sites for hydroxylation is 1. The molecule has 94 valence electrons. The molecule has 0 saturated carbocycles. The molecule has 0 fully saturated rings. The van der Waals surface area contributed by atoms with Crippen LogP contribution in [0.4, 0.5) is 5.13 Å². The van der Waals surface area contributed by atoms with E-state index in [9.17, 15) is 4.79 Å². The van der Waals surface area contributed by atoms with E-state index in [1.807, 2.05) is 36.6 Å². The smallest absolute Gasteiger partial charge is 0.230 e. The molecular formula is C13H13ClN2OS. The first-order chi connectivity index (χ1) is 8.67. The van der Waals surface area contributed by atoms with Gasteiger partial charge in [0.2, 0.25) is 5.91 Å². The van der Waals surface area contributed by atoms with Gasteiger partial charge in [-0.3, -0.25) is 4.79 Å². The third-order valence-corrected chi connectivity index (χ3v) is 3.50. The number of benzene rings is 1. The largest absolute Gasteiger partial charge is 0.302 e. The average molecular weight is 281 g/mol. The van der Waals surface area contributed by atoms with Crippen molar-refractivity contribution in [2.75, 3.05) is 5.32 Å². The fraction of sp³-hybridized carbons (Fsp3) is 0.231. The van der Waals surface area contributed by atoms with E-state index in [0.29, 0.717) is 17.4 Å². The normalized spacial score (nSPS) is 10.3. The molecule has 2 rings (SSSR count). The van der Waals surface area contributed by atoms with Crippen LogP contribution >= 0.6 is 22.9 Å². The quantitative estimate of drug-likeness (QED) is 0.873. The van der Waals surface area contributed by atoms with Crippen molar-refractivity contribution in [3.63, 3.8) is 0 Å². The highest BCUT2D eigenvalue weighted by molar-refractivity contribution is 7.13. The van der Waals surface area contributed by atoms with Gasteiger partial charge in [0.15, 0.2) is 5.13 Å². The van der Waals surface area contributed by atoms with E-state index in [0.717, 1.165) is 11.3 Å². The number of anilines is 1. The lowest BCUT2D eigenvalue weighted by Crippen LogP contribution is -2.14. The van der Waals surface area contributed by atoms with Crippen molar-refractivity contribution in [2.45, 2.75) is 19.2 Å². The standard InChI is InChI=1S/C13H13ClN2OS/c1-9-2-4-10(5-3-9)6-12(17)16-13-15-11(7-14)8-18-13/h2-5,8H,6-7H2,1H3,(H,15,16,17). The maximum absolute atomic E-state index is 11.8. The summed E-state index contributed by atoms with van der Waals surface area (Å²) in [6, 6.07) is 7.91. The summed E-state index contributed by atoms with van der Waals surface area (Å²) in [7, 11) is 0. The van der Waals surface area contributed by atoms with Crippen molar-refractivity contribution in [3.8, 4) is 0 Å². The first kappa shape index (κ1) is 13.1. The minimum absolute atomic E-state index is 0.0608. The van der Waals surface area contributed by atoms with Gasteiger partial charge in [-0.2, -0.15) is 0 Å². The predicted octanol–water partition coefficient (Wildman–Crippen LogP) is 3.37. The molecule has 18 heavy (non-hydrogen) atoms. The molecule has 0 bridgehead atoms. The first-order valence-corrected chi connectivity index (χ1v) is 6.94. The summed E-state index contributed by atoms with van der Waals surface area (Å²) < 4.78 is 0. The fourth-order valence-corrected chi connectivity index (χ4v) is 2.44. The van der Waals surface area contributed by atoms with Crippen LogP contribution in [0.3, 0.4) is 0 Å². The Kier molecular flexibility index (Phi) is 4.33. The van der Waals surface area contributed by atoms with Crippen LogP contribution in [0.15, 0.2) is 29.6 Å². The van der Waals surface area contributed by atoms with Crippen molar-refractivity contribution in [3.05, 3.63) is 46.5 Å². The molecule has 0 aliphatic carbocycles. The number of nitrogens with one attached hydrogen (secondary N) is 1. The van der Waals surface area contributed by atoms with Crippen LogP contribution in [-0.2, 0) is 17.1 Å². The van der Waals surface area contributed by atoms with E-state index in [2.05, 4.69) is 10.3 Å². The lowest BCUT2D eigenvalue weighted by molar-refractivity contribution is -0.115. The predicted molar refractivity (Wildman–Crippen MR) is 75.2 cm³/mol. The average Bonchev–Trinajstić information content (AvgIpc) is 2.79. The highest BCUT2D eigenvalue weighted by Crippen LogP contribution is 2.17. The Balaban J connectivity index is 1.94. The molecule has 1 aromatic heterocycles. The van der Waals surface area contributed by atoms with Gasteiger partial charge in [0.1, 0.15) is 0 Å². The highest BCUT2D eigenvalue weighted by atomic mass is 35.5. The number of halogens is 1. The zero-order valence-corrected chi connectivity index (χ0v) is 11.5. The summed E-state index contributed by atoms with van der Waals surface area (Å²) >= 11 is 7.04. The number of hydrogen-bond acceptors (Lipinski definition) is 3. The summed E-state index contributed by atoms with van der Waals surface area (Å²) in [5.74, 6) is 0.305. The fourth-order valence-electron chi connectivity index (χ4n) is 1.48. The topological polar surface area (TPSA) is 42.0 Å². The van der Waals surface area contributed by atoms with Gasteiger partial charge in [-0.1, -0.05) is 29.8 Å². The van der Waals surface area contributed by atoms with Crippen molar-refractivity contribution >= 4 is 34.0 Å². The lowest BCUT2D eigenvalue weighted by Gasteiger charge is -2.02. The summed E-state index contributed by atoms with van der Waals surface area (Å²) in [5.41, 5.74) is 2.96. The molecule has 0 saturated heterocycles. The van der Waals surface area contributed by atoms with Crippen LogP contribution in [0, 0.1) is 6.92 Å². The highest BCUT2D eigenvalue weighted by Gasteiger charge is 2.07. The molecular weight excluding hydrogens is 268 g/mol. The molecule has 0 unspecified atom stereocenters. The number of rotatable bonds is 4. The van der Waals surface area contributed by atoms with Crippen molar-refractivity contribution in [2.24, 2.45) is 0 Å². The van der Waals surface area contributed by atoms with Crippen LogP contribution in [0.1, 0.15) is 16.8 Å². The van der Waals surface area contributed by atoms with Crippen LogP contribution in [-0.4, -0.2) is 10.9 Å². The molecule has 0 aliphatic heterocycles. The Morgan fingerprint density at radius 2 is 2.11 bits per heavy atom. The number of carbonyl (C=O) groups is 1. The van der Waals surface area contributed by atoms with Crippen LogP contribution < -0.4 is 5.32 Å². The number of carbonyl (C=O) groups excluding carboxylic acids is 1. The van der Waals surface area contributed by atoms with Crippen LogP contribution in [0.2, 0.25) is 0 Å². The summed E-state index contributed by atoms with van der Waals surface area (Å²) in [4.78, 5) is 16.0. The molecule has 1 N–H and O–H groups in total. The van der Waals surface area contributed by atoms with Crippen molar-refractivity contribution in [1.82, 2.24) is 4.98 Å². The Hall–Kier alpha value is -1.39. The van der Waals surface area contributed by atoms with Gasteiger partial charge in [0.05, 0.1) is 18.0 Å². The molecule has 0 spiro atoms. The number of thiazole rings is 1. The van der Waals surface area contributed by atoms with E-state index in [1.54, 1.807) is 0 Å². The Bertz CT molecular complexity index is 536. The summed E-state index contributed by atoms with van der Waals surface area (Å²) in [5, 5.41) is 5.21. The first-order valence-electron chi connectivity index (χ1n) is 5.53. The second-order valence-corrected chi connectivity index (χ2v) is 5.11. The second kappa shape index (κ2) is 5.98. The number of nitrogens with zero attached hydrogens (tertiary/aromatic N) is 1. The monoisotopic (exact) mass is 280 g/mol. The Labute approximate surface area is 115 Å². The zero-order chi connectivity index (χ0) is 13.0. The molecule has 0 atom stereocenters. The van der Waals surface area contributed by atoms with E-state index in [4.69, 9.17) is 11.6 Å². The Morgan fingerprint density at radius 1 is 1.39 bits per heavy atom. The van der Waals surface area contributed by atoms with E-state index >= 15 is 0 Å². The SMILES string of the molecule is Cc1ccc(CC(=O)Nc2nc(CCl)cs2)cc1. The zero-order valence-electron chi connectivity index (χ0n) is 9.94. The van der Waals surface area contributed by atoms with Crippen LogP contribution in [0.25, 0.3) is 0 Å². The van der Waals surface area contributed by atoms with Gasteiger partial charge >= 0.3 is 0 Å². The molecule has 5 heteroatoms. The second-order valence-electron chi connectivity index (χ2n) is 3.99. The van der Waals surface area contributed by atoms with Gasteiger partial charge in [0.25, 0.3) is 0 Å². The van der Waals surface area contributed by atoms with E-state index < -0.39 is 0 Å². The third kappa shape index (κ3) is 3.55. The van der Waals surface area contributed by atoms with Crippen molar-refractivity contribution < 1.29 is 4.79 Å². The van der Waals surface area contributed by atoms with Crippen molar-refractivity contribution in [1.29, 1.82) is 0 Å². The van der Waals surface area contributed by atoms with Gasteiger partial charge < -0.3 is 5.32 Å². The van der Waals surface area contributed by atoms with Gasteiger partial charge in [0, 0.05) is 5.38 Å². The Morgan fingerprint density at radius 3 is 2.72 bits per heavy atom. The summed E-state index contributed by atoms with van der Waals surface area (Å²) in [6.45, 7) is 2.02. The molecule has 0 radical (unpaired) electrons. The molecule has 1 amide bonds. The van der Waals surface area contributed by atoms with Gasteiger partial charge in [-0.25, -0.2) is 4.98 Å². The number of alkyl halides is 1. The third-order valence-electron chi connectivity index (χ3n) is 2.42. The minimum atomic E-state index is -0.0608.